The summed E-state index contributed by atoms with van der Waals surface area (Å²) >= 11 is 3.46. The van der Waals surface area contributed by atoms with Crippen LogP contribution in [0, 0.1) is 6.92 Å². The van der Waals surface area contributed by atoms with Crippen LogP contribution >= 0.6 is 15.9 Å². The molecule has 0 atom stereocenters. The molecule has 0 unspecified atom stereocenters. The van der Waals surface area contributed by atoms with Gasteiger partial charge in [-0.1, -0.05) is 49.7 Å². The average molecular weight is 243 g/mol. The molecule has 0 aliphatic carbocycles. The van der Waals surface area contributed by atoms with Gasteiger partial charge in [0.15, 0.2) is 0 Å². The van der Waals surface area contributed by atoms with Gasteiger partial charge in [0, 0.05) is 4.47 Å². The predicted molar refractivity (Wildman–Crippen MR) is 64.3 cm³/mol. The van der Waals surface area contributed by atoms with E-state index >= 15 is 0 Å². The highest BCUT2D eigenvalue weighted by Gasteiger charge is 2.02. The van der Waals surface area contributed by atoms with E-state index in [9.17, 15) is 0 Å². The van der Waals surface area contributed by atoms with E-state index in [4.69, 9.17) is 0 Å². The third-order valence-electron chi connectivity index (χ3n) is 1.86. The van der Waals surface area contributed by atoms with Crippen LogP contribution in [0.4, 0.5) is 0 Å². The van der Waals surface area contributed by atoms with E-state index in [0.717, 1.165) is 0 Å². The molecule has 0 nitrogen and oxygen atoms in total. The van der Waals surface area contributed by atoms with Crippen molar-refractivity contribution in [2.24, 2.45) is 0 Å². The first-order valence-electron chi connectivity index (χ1n) is 4.87. The molecule has 0 spiro atoms. The molecule has 0 heterocycles. The largest absolute Gasteiger partial charge is 0.0683 e. The molecule has 0 fully saturated rings. The number of hydrogen-bond donors (Lipinski definition) is 0. The first kappa shape index (κ1) is 12.7. The van der Waals surface area contributed by atoms with Crippen LogP contribution in [0.15, 0.2) is 22.7 Å². The Labute approximate surface area is 90.5 Å². The Bertz CT molecular complexity index is 251. The van der Waals surface area contributed by atoms with E-state index in [1.54, 1.807) is 0 Å². The van der Waals surface area contributed by atoms with Gasteiger partial charge in [0.05, 0.1) is 0 Å². The molecule has 0 amide bonds. The SMILES string of the molecule is CC.Cc1ccc(Br)cc1C(C)C. The first-order valence-corrected chi connectivity index (χ1v) is 5.66. The topological polar surface area (TPSA) is 0 Å². The maximum absolute atomic E-state index is 3.46. The van der Waals surface area contributed by atoms with Crippen molar-refractivity contribution in [1.82, 2.24) is 0 Å². The van der Waals surface area contributed by atoms with Crippen LogP contribution < -0.4 is 0 Å². The van der Waals surface area contributed by atoms with Crippen molar-refractivity contribution in [3.8, 4) is 0 Å². The first-order chi connectivity index (χ1) is 6.11. The molecule has 0 N–H and O–H groups in total. The highest BCUT2D eigenvalue weighted by Crippen LogP contribution is 2.22. The summed E-state index contributed by atoms with van der Waals surface area (Å²) in [6.45, 7) is 10.6. The van der Waals surface area contributed by atoms with Gasteiger partial charge in [-0.15, -0.1) is 0 Å². The molecule has 1 aromatic rings. The minimum atomic E-state index is 0.618. The zero-order chi connectivity index (χ0) is 10.4. The van der Waals surface area contributed by atoms with Crippen LogP contribution in [-0.4, -0.2) is 0 Å². The van der Waals surface area contributed by atoms with E-state index in [1.165, 1.54) is 15.6 Å². The number of halogens is 1. The maximum Gasteiger partial charge on any atom is 0.0178 e. The van der Waals surface area contributed by atoms with Gasteiger partial charge in [-0.05, 0) is 36.1 Å². The summed E-state index contributed by atoms with van der Waals surface area (Å²) in [6.07, 6.45) is 0. The quantitative estimate of drug-likeness (QED) is 0.657. The molecule has 0 saturated carbocycles. The lowest BCUT2D eigenvalue weighted by molar-refractivity contribution is 0.855. The third kappa shape index (κ3) is 3.95. The van der Waals surface area contributed by atoms with E-state index < -0.39 is 0 Å². The lowest BCUT2D eigenvalue weighted by Gasteiger charge is -2.09. The van der Waals surface area contributed by atoms with Gasteiger partial charge in [-0.3, -0.25) is 0 Å². The Hall–Kier alpha value is -0.300. The average Bonchev–Trinajstić information content (AvgIpc) is 2.12. The molecule has 0 aliphatic rings. The van der Waals surface area contributed by atoms with Crippen LogP contribution in [0.1, 0.15) is 44.7 Å². The fourth-order valence-electron chi connectivity index (χ4n) is 1.23. The zero-order valence-electron chi connectivity index (χ0n) is 9.19. The van der Waals surface area contributed by atoms with Crippen LogP contribution in [0.3, 0.4) is 0 Å². The Balaban J connectivity index is 0.000000671. The second kappa shape index (κ2) is 6.20. The number of benzene rings is 1. The minimum absolute atomic E-state index is 0.618. The standard InChI is InChI=1S/C10H13Br.C2H6/c1-7(2)10-6-9(11)5-4-8(10)3;1-2/h4-7H,1-3H3;1-2H3. The fourth-order valence-corrected chi connectivity index (χ4v) is 1.61. The van der Waals surface area contributed by atoms with Crippen LogP contribution in [0.5, 0.6) is 0 Å². The minimum Gasteiger partial charge on any atom is -0.0683 e. The van der Waals surface area contributed by atoms with Gasteiger partial charge in [-0.2, -0.15) is 0 Å². The summed E-state index contributed by atoms with van der Waals surface area (Å²) in [4.78, 5) is 0. The predicted octanol–water partition coefficient (Wildman–Crippen LogP) is 4.91. The third-order valence-corrected chi connectivity index (χ3v) is 2.36. The van der Waals surface area contributed by atoms with Crippen LogP contribution in [0.25, 0.3) is 0 Å². The molecule has 0 saturated heterocycles. The molecule has 0 bridgehead atoms. The second-order valence-electron chi connectivity index (χ2n) is 3.16. The zero-order valence-corrected chi connectivity index (χ0v) is 10.8. The molecule has 0 aliphatic heterocycles. The molecular weight excluding hydrogens is 224 g/mol. The van der Waals surface area contributed by atoms with Crippen molar-refractivity contribution in [1.29, 1.82) is 0 Å². The summed E-state index contributed by atoms with van der Waals surface area (Å²) in [7, 11) is 0. The second-order valence-corrected chi connectivity index (χ2v) is 4.07. The molecule has 0 radical (unpaired) electrons. The summed E-state index contributed by atoms with van der Waals surface area (Å²) in [6, 6.07) is 6.43. The van der Waals surface area contributed by atoms with Gasteiger partial charge in [0.25, 0.3) is 0 Å². The molecule has 74 valence electrons. The lowest BCUT2D eigenvalue weighted by atomic mass is 9.98. The van der Waals surface area contributed by atoms with Gasteiger partial charge in [0.1, 0.15) is 0 Å². The van der Waals surface area contributed by atoms with Crippen molar-refractivity contribution in [3.05, 3.63) is 33.8 Å². The smallest absolute Gasteiger partial charge is 0.0178 e. The van der Waals surface area contributed by atoms with E-state index in [2.05, 4.69) is 54.9 Å². The van der Waals surface area contributed by atoms with Gasteiger partial charge in [-0.25, -0.2) is 0 Å². The Kier molecular flexibility index (Phi) is 6.06. The van der Waals surface area contributed by atoms with Crippen molar-refractivity contribution in [3.63, 3.8) is 0 Å². The van der Waals surface area contributed by atoms with E-state index in [0.29, 0.717) is 5.92 Å². The summed E-state index contributed by atoms with van der Waals surface area (Å²) in [5, 5.41) is 0. The van der Waals surface area contributed by atoms with Crippen molar-refractivity contribution >= 4 is 15.9 Å². The molecule has 1 heteroatoms. The summed E-state index contributed by atoms with van der Waals surface area (Å²) in [5.74, 6) is 0.618. The molecule has 1 aromatic carbocycles. The Morgan fingerprint density at radius 2 is 1.69 bits per heavy atom. The van der Waals surface area contributed by atoms with Crippen LogP contribution in [-0.2, 0) is 0 Å². The molecule has 1 rings (SSSR count). The number of hydrogen-bond acceptors (Lipinski definition) is 0. The normalized spacial score (nSPS) is 9.46. The van der Waals surface area contributed by atoms with Gasteiger partial charge < -0.3 is 0 Å². The molecular formula is C12H19Br. The Morgan fingerprint density at radius 3 is 2.08 bits per heavy atom. The van der Waals surface area contributed by atoms with Crippen molar-refractivity contribution < 1.29 is 0 Å². The summed E-state index contributed by atoms with van der Waals surface area (Å²) in [5.41, 5.74) is 2.81. The highest BCUT2D eigenvalue weighted by molar-refractivity contribution is 9.10. The molecule has 0 aromatic heterocycles. The van der Waals surface area contributed by atoms with Crippen molar-refractivity contribution in [2.75, 3.05) is 0 Å². The highest BCUT2D eigenvalue weighted by atomic mass is 79.9. The van der Waals surface area contributed by atoms with E-state index in [1.807, 2.05) is 13.8 Å². The van der Waals surface area contributed by atoms with Gasteiger partial charge in [0.2, 0.25) is 0 Å². The van der Waals surface area contributed by atoms with E-state index in [-0.39, 0.29) is 0 Å². The van der Waals surface area contributed by atoms with Crippen molar-refractivity contribution in [2.45, 2.75) is 40.5 Å². The van der Waals surface area contributed by atoms with Gasteiger partial charge >= 0.3 is 0 Å². The number of rotatable bonds is 1. The monoisotopic (exact) mass is 242 g/mol. The maximum atomic E-state index is 3.46. The molecule has 13 heavy (non-hydrogen) atoms. The lowest BCUT2D eigenvalue weighted by Crippen LogP contribution is -1.90. The Morgan fingerprint density at radius 1 is 1.15 bits per heavy atom. The number of aryl methyl sites for hydroxylation is 1. The fraction of sp³-hybridized carbons (Fsp3) is 0.500. The summed E-state index contributed by atoms with van der Waals surface area (Å²) < 4.78 is 1.17. The van der Waals surface area contributed by atoms with Crippen LogP contribution in [0.2, 0.25) is 0 Å².